The topological polar surface area (TPSA) is 67.6 Å². The molecule has 20 heavy (non-hydrogen) atoms. The Balaban J connectivity index is 0. The van der Waals surface area contributed by atoms with Crippen molar-refractivity contribution in [3.63, 3.8) is 0 Å². The van der Waals surface area contributed by atoms with Gasteiger partial charge < -0.3 is 15.8 Å². The molecule has 3 N–H and O–H groups in total. The molecule has 1 aliphatic heterocycles. The number of hydrogen-bond acceptors (Lipinski definition) is 4. The number of carbonyl (C=O) groups is 1. The van der Waals surface area contributed by atoms with Gasteiger partial charge in [-0.1, -0.05) is 20.8 Å². The van der Waals surface area contributed by atoms with Crippen LogP contribution < -0.4 is 11.1 Å². The Hall–Kier alpha value is -0.0700. The average molecular weight is 330 g/mol. The van der Waals surface area contributed by atoms with E-state index in [0.717, 1.165) is 39.3 Å². The first-order valence-corrected chi connectivity index (χ1v) is 6.74. The van der Waals surface area contributed by atoms with Crippen molar-refractivity contribution in [2.24, 2.45) is 11.1 Å². The summed E-state index contributed by atoms with van der Waals surface area (Å²) in [5.41, 5.74) is 5.69. The van der Waals surface area contributed by atoms with Gasteiger partial charge in [-0.2, -0.15) is 0 Å². The van der Waals surface area contributed by atoms with Crippen LogP contribution in [0.4, 0.5) is 0 Å². The van der Waals surface area contributed by atoms with Crippen LogP contribution in [-0.2, 0) is 9.53 Å². The minimum absolute atomic E-state index is 0. The third-order valence-electron chi connectivity index (χ3n) is 3.27. The number of carbonyl (C=O) groups excluding carboxylic acids is 1. The predicted octanol–water partition coefficient (Wildman–Crippen LogP) is 1.04. The van der Waals surface area contributed by atoms with Gasteiger partial charge in [-0.3, -0.25) is 9.69 Å². The van der Waals surface area contributed by atoms with Gasteiger partial charge in [0.2, 0.25) is 5.91 Å². The zero-order valence-corrected chi connectivity index (χ0v) is 14.3. The summed E-state index contributed by atoms with van der Waals surface area (Å²) >= 11 is 0. The number of halogens is 2. The van der Waals surface area contributed by atoms with Crippen molar-refractivity contribution in [3.8, 4) is 0 Å². The minimum Gasteiger partial charge on any atom is -0.379 e. The molecule has 0 bridgehead atoms. The largest absolute Gasteiger partial charge is 0.379 e. The van der Waals surface area contributed by atoms with Crippen LogP contribution in [0.3, 0.4) is 0 Å². The first-order chi connectivity index (χ1) is 8.41. The van der Waals surface area contributed by atoms with Crippen LogP contribution in [0, 0.1) is 5.41 Å². The second-order valence-corrected chi connectivity index (χ2v) is 5.94. The van der Waals surface area contributed by atoms with Crippen LogP contribution in [0.15, 0.2) is 0 Å². The maximum atomic E-state index is 11.8. The highest BCUT2D eigenvalue weighted by molar-refractivity contribution is 5.85. The molecule has 0 aromatic rings. The molecule has 1 saturated heterocycles. The van der Waals surface area contributed by atoms with Gasteiger partial charge in [0.15, 0.2) is 0 Å². The summed E-state index contributed by atoms with van der Waals surface area (Å²) in [4.78, 5) is 14.1. The summed E-state index contributed by atoms with van der Waals surface area (Å²) in [6.45, 7) is 11.3. The summed E-state index contributed by atoms with van der Waals surface area (Å²) in [5.74, 6) is -0.0514. The zero-order chi connectivity index (χ0) is 13.6. The Morgan fingerprint density at radius 3 is 2.35 bits per heavy atom. The summed E-state index contributed by atoms with van der Waals surface area (Å²) in [6.07, 6.45) is 0.961. The number of morpholine rings is 1. The highest BCUT2D eigenvalue weighted by Crippen LogP contribution is 2.16. The average Bonchev–Trinajstić information content (AvgIpc) is 2.33. The van der Waals surface area contributed by atoms with Crippen LogP contribution in [0.1, 0.15) is 27.2 Å². The lowest BCUT2D eigenvalue weighted by molar-refractivity contribution is -0.124. The first-order valence-electron chi connectivity index (χ1n) is 6.74. The van der Waals surface area contributed by atoms with Crippen molar-refractivity contribution >= 4 is 30.7 Å². The second kappa shape index (κ2) is 10.6. The normalized spacial score (nSPS) is 17.6. The molecule has 1 rings (SSSR count). The Kier molecular flexibility index (Phi) is 11.8. The van der Waals surface area contributed by atoms with E-state index in [0.29, 0.717) is 6.54 Å². The highest BCUT2D eigenvalue weighted by atomic mass is 35.5. The van der Waals surface area contributed by atoms with Gasteiger partial charge in [-0.25, -0.2) is 0 Å². The molecule has 0 unspecified atom stereocenters. The van der Waals surface area contributed by atoms with Crippen LogP contribution in [0.25, 0.3) is 0 Å². The fraction of sp³-hybridized carbons (Fsp3) is 0.923. The van der Waals surface area contributed by atoms with Crippen LogP contribution >= 0.6 is 24.8 Å². The number of ether oxygens (including phenoxy) is 1. The van der Waals surface area contributed by atoms with E-state index in [-0.39, 0.29) is 36.1 Å². The number of amides is 1. The third kappa shape index (κ3) is 8.27. The highest BCUT2D eigenvalue weighted by Gasteiger charge is 2.26. The van der Waals surface area contributed by atoms with E-state index in [1.807, 2.05) is 20.8 Å². The van der Waals surface area contributed by atoms with Gasteiger partial charge in [-0.15, -0.1) is 24.8 Å². The van der Waals surface area contributed by atoms with Crippen molar-refractivity contribution in [2.45, 2.75) is 33.2 Å². The lowest BCUT2D eigenvalue weighted by Gasteiger charge is -2.27. The van der Waals surface area contributed by atoms with Gasteiger partial charge >= 0.3 is 0 Å². The summed E-state index contributed by atoms with van der Waals surface area (Å²) < 4.78 is 5.29. The van der Waals surface area contributed by atoms with E-state index in [1.165, 1.54) is 0 Å². The maximum absolute atomic E-state index is 11.8. The van der Waals surface area contributed by atoms with Crippen molar-refractivity contribution in [1.82, 2.24) is 10.2 Å². The molecule has 1 heterocycles. The predicted molar refractivity (Wildman–Crippen MR) is 86.8 cm³/mol. The monoisotopic (exact) mass is 329 g/mol. The fourth-order valence-electron chi connectivity index (χ4n) is 1.84. The Morgan fingerprint density at radius 1 is 1.30 bits per heavy atom. The molecular weight excluding hydrogens is 301 g/mol. The van der Waals surface area contributed by atoms with Crippen molar-refractivity contribution in [1.29, 1.82) is 0 Å². The SMILES string of the molecule is CC(C)(C)[C@H](N)C(=O)NCCCN1CCOCC1.Cl.Cl. The van der Waals surface area contributed by atoms with Crippen molar-refractivity contribution < 1.29 is 9.53 Å². The zero-order valence-electron chi connectivity index (χ0n) is 12.7. The van der Waals surface area contributed by atoms with Gasteiger partial charge in [0, 0.05) is 19.6 Å². The number of hydrogen-bond donors (Lipinski definition) is 2. The van der Waals surface area contributed by atoms with E-state index < -0.39 is 6.04 Å². The quantitative estimate of drug-likeness (QED) is 0.739. The van der Waals surface area contributed by atoms with E-state index in [1.54, 1.807) is 0 Å². The van der Waals surface area contributed by atoms with E-state index >= 15 is 0 Å². The van der Waals surface area contributed by atoms with E-state index in [2.05, 4.69) is 10.2 Å². The molecule has 1 amide bonds. The van der Waals surface area contributed by atoms with E-state index in [4.69, 9.17) is 10.5 Å². The summed E-state index contributed by atoms with van der Waals surface area (Å²) in [7, 11) is 0. The van der Waals surface area contributed by atoms with Crippen molar-refractivity contribution in [2.75, 3.05) is 39.4 Å². The van der Waals surface area contributed by atoms with E-state index in [9.17, 15) is 4.79 Å². The number of nitrogens with two attached hydrogens (primary N) is 1. The molecule has 1 fully saturated rings. The molecular formula is C13H29Cl2N3O2. The van der Waals surface area contributed by atoms with Gasteiger partial charge in [-0.05, 0) is 18.4 Å². The molecule has 1 atom stereocenters. The van der Waals surface area contributed by atoms with Crippen molar-refractivity contribution in [3.05, 3.63) is 0 Å². The van der Waals surface area contributed by atoms with Gasteiger partial charge in [0.05, 0.1) is 19.3 Å². The molecule has 0 aromatic heterocycles. The molecule has 0 aromatic carbocycles. The van der Waals surface area contributed by atoms with Crippen LogP contribution in [0.2, 0.25) is 0 Å². The number of nitrogens with one attached hydrogen (secondary N) is 1. The van der Waals surface area contributed by atoms with Crippen LogP contribution in [-0.4, -0.2) is 56.2 Å². The maximum Gasteiger partial charge on any atom is 0.237 e. The second-order valence-electron chi connectivity index (χ2n) is 5.94. The molecule has 122 valence electrons. The molecule has 1 aliphatic rings. The lowest BCUT2D eigenvalue weighted by Crippen LogP contribution is -2.49. The third-order valence-corrected chi connectivity index (χ3v) is 3.27. The summed E-state index contributed by atoms with van der Waals surface area (Å²) in [6, 6.07) is -0.444. The smallest absolute Gasteiger partial charge is 0.237 e. The Labute approximate surface area is 134 Å². The molecule has 7 heteroatoms. The fourth-order valence-corrected chi connectivity index (χ4v) is 1.84. The first kappa shape index (κ1) is 22.2. The molecule has 5 nitrogen and oxygen atoms in total. The molecule has 0 spiro atoms. The van der Waals surface area contributed by atoms with Crippen LogP contribution in [0.5, 0.6) is 0 Å². The summed E-state index contributed by atoms with van der Waals surface area (Å²) in [5, 5.41) is 2.91. The lowest BCUT2D eigenvalue weighted by atomic mass is 9.87. The standard InChI is InChI=1S/C13H27N3O2.2ClH/c1-13(2,3)11(14)12(17)15-5-4-6-16-7-9-18-10-8-16;;/h11H,4-10,14H2,1-3H3,(H,15,17);2*1H/t11-;;/m1../s1. The van der Waals surface area contributed by atoms with Gasteiger partial charge in [0.25, 0.3) is 0 Å². The Morgan fingerprint density at radius 2 is 1.85 bits per heavy atom. The molecule has 0 radical (unpaired) electrons. The molecule has 0 saturated carbocycles. The Bertz CT molecular complexity index is 267. The van der Waals surface area contributed by atoms with Gasteiger partial charge in [0.1, 0.15) is 0 Å². The molecule has 0 aliphatic carbocycles. The number of rotatable bonds is 5. The minimum atomic E-state index is -0.444. The number of nitrogens with zero attached hydrogens (tertiary/aromatic N) is 1.